The quantitative estimate of drug-likeness (QED) is 0.779. The van der Waals surface area contributed by atoms with Crippen molar-refractivity contribution in [2.24, 2.45) is 5.41 Å². The van der Waals surface area contributed by atoms with Crippen LogP contribution in [0.15, 0.2) is 0 Å². The van der Waals surface area contributed by atoms with Crippen LogP contribution >= 0.6 is 0 Å². The topological polar surface area (TPSA) is 13.0 Å². The summed E-state index contributed by atoms with van der Waals surface area (Å²) in [7, 11) is 2.24. The fourth-order valence-electron chi connectivity index (χ4n) is 4.68. The first-order valence-electron chi connectivity index (χ1n) is 9.32. The van der Waals surface area contributed by atoms with Gasteiger partial charge in [-0.25, -0.2) is 0 Å². The van der Waals surface area contributed by atoms with Crippen molar-refractivity contribution in [1.82, 2.24) is 19.6 Å². The number of piperazine rings is 2. The molecule has 1 unspecified atom stereocenters. The summed E-state index contributed by atoms with van der Waals surface area (Å²) >= 11 is 0. The van der Waals surface area contributed by atoms with Gasteiger partial charge in [-0.05, 0) is 38.8 Å². The first kappa shape index (κ1) is 16.7. The normalized spacial score (nSPS) is 33.3. The molecule has 0 N–H and O–H groups in total. The highest BCUT2D eigenvalue weighted by atomic mass is 15.3. The third kappa shape index (κ3) is 4.02. The van der Waals surface area contributed by atoms with Crippen LogP contribution in [0, 0.1) is 5.41 Å². The molecular formula is C18H36N4. The molecule has 0 amide bonds. The van der Waals surface area contributed by atoms with E-state index in [1.54, 1.807) is 0 Å². The summed E-state index contributed by atoms with van der Waals surface area (Å²) < 4.78 is 0. The molecule has 0 aromatic rings. The lowest BCUT2D eigenvalue weighted by atomic mass is 9.90. The summed E-state index contributed by atoms with van der Waals surface area (Å²) in [6, 6.07) is 1.57. The van der Waals surface area contributed by atoms with Crippen molar-refractivity contribution >= 4 is 0 Å². The van der Waals surface area contributed by atoms with Gasteiger partial charge in [0.25, 0.3) is 0 Å². The smallest absolute Gasteiger partial charge is 0.0224 e. The molecular weight excluding hydrogens is 272 g/mol. The Bertz CT molecular complexity index is 362. The molecule has 4 heteroatoms. The summed E-state index contributed by atoms with van der Waals surface area (Å²) in [4.78, 5) is 10.6. The molecule has 0 saturated carbocycles. The second kappa shape index (κ2) is 6.76. The van der Waals surface area contributed by atoms with E-state index in [1.807, 2.05) is 0 Å². The van der Waals surface area contributed by atoms with Gasteiger partial charge in [-0.2, -0.15) is 0 Å². The lowest BCUT2D eigenvalue weighted by molar-refractivity contribution is 0.0190. The van der Waals surface area contributed by atoms with Crippen LogP contribution in [0.4, 0.5) is 0 Å². The van der Waals surface area contributed by atoms with Crippen LogP contribution in [0.3, 0.4) is 0 Å². The predicted octanol–water partition coefficient (Wildman–Crippen LogP) is 1.43. The monoisotopic (exact) mass is 308 g/mol. The fourth-order valence-corrected chi connectivity index (χ4v) is 4.68. The molecule has 0 radical (unpaired) electrons. The zero-order valence-electron chi connectivity index (χ0n) is 15.2. The maximum atomic E-state index is 2.78. The highest BCUT2D eigenvalue weighted by molar-refractivity contribution is 4.93. The fraction of sp³-hybridized carbons (Fsp3) is 1.00. The number of likely N-dealkylation sites (N-methyl/N-ethyl adjacent to an activating group) is 1. The van der Waals surface area contributed by atoms with Gasteiger partial charge in [0.2, 0.25) is 0 Å². The standard InChI is InChI=1S/C18H36N4/c1-16-12-21-7-5-6-17(21)13-22(16)15-18(2,3)14-20-10-8-19(4)9-11-20/h16-17H,5-15H2,1-4H3/t16-,17?/m1/s1. The summed E-state index contributed by atoms with van der Waals surface area (Å²) in [5.74, 6) is 0. The first-order valence-corrected chi connectivity index (χ1v) is 9.32. The van der Waals surface area contributed by atoms with Crippen LogP contribution in [0.25, 0.3) is 0 Å². The van der Waals surface area contributed by atoms with Crippen LogP contribution in [0.5, 0.6) is 0 Å². The Morgan fingerprint density at radius 1 is 0.955 bits per heavy atom. The van der Waals surface area contributed by atoms with Gasteiger partial charge < -0.3 is 9.80 Å². The van der Waals surface area contributed by atoms with Crippen LogP contribution in [0.1, 0.15) is 33.6 Å². The summed E-state index contributed by atoms with van der Waals surface area (Å²) in [5, 5.41) is 0. The van der Waals surface area contributed by atoms with Crippen molar-refractivity contribution in [2.45, 2.75) is 45.7 Å². The second-order valence-corrected chi connectivity index (χ2v) is 8.81. The minimum Gasteiger partial charge on any atom is -0.304 e. The van der Waals surface area contributed by atoms with Crippen molar-refractivity contribution in [1.29, 1.82) is 0 Å². The van der Waals surface area contributed by atoms with E-state index in [0.29, 0.717) is 5.41 Å². The predicted molar refractivity (Wildman–Crippen MR) is 93.3 cm³/mol. The van der Waals surface area contributed by atoms with Crippen LogP contribution in [-0.2, 0) is 0 Å². The lowest BCUT2D eigenvalue weighted by Crippen LogP contribution is -2.58. The Balaban J connectivity index is 1.52. The number of hydrogen-bond acceptors (Lipinski definition) is 4. The number of hydrogen-bond donors (Lipinski definition) is 0. The Hall–Kier alpha value is -0.160. The molecule has 2 atom stereocenters. The molecule has 3 aliphatic heterocycles. The number of fused-ring (bicyclic) bond motifs is 1. The van der Waals surface area contributed by atoms with Gasteiger partial charge in [0, 0.05) is 64.4 Å². The average molecular weight is 309 g/mol. The van der Waals surface area contributed by atoms with E-state index in [1.165, 1.54) is 71.7 Å². The van der Waals surface area contributed by atoms with Crippen molar-refractivity contribution in [3.05, 3.63) is 0 Å². The largest absolute Gasteiger partial charge is 0.304 e. The van der Waals surface area contributed by atoms with E-state index in [4.69, 9.17) is 0 Å². The molecule has 0 bridgehead atoms. The highest BCUT2D eigenvalue weighted by Gasteiger charge is 2.36. The van der Waals surface area contributed by atoms with E-state index >= 15 is 0 Å². The van der Waals surface area contributed by atoms with Gasteiger partial charge in [-0.1, -0.05) is 13.8 Å². The molecule has 128 valence electrons. The first-order chi connectivity index (χ1) is 10.4. The van der Waals surface area contributed by atoms with E-state index in [-0.39, 0.29) is 0 Å². The molecule has 22 heavy (non-hydrogen) atoms. The molecule has 4 nitrogen and oxygen atoms in total. The highest BCUT2D eigenvalue weighted by Crippen LogP contribution is 2.28. The third-order valence-corrected chi connectivity index (χ3v) is 5.95. The van der Waals surface area contributed by atoms with E-state index in [2.05, 4.69) is 47.4 Å². The van der Waals surface area contributed by atoms with Crippen LogP contribution in [-0.4, -0.2) is 97.6 Å². The molecule has 3 fully saturated rings. The maximum Gasteiger partial charge on any atom is 0.0224 e. The zero-order chi connectivity index (χ0) is 15.7. The minimum atomic E-state index is 0.394. The van der Waals surface area contributed by atoms with E-state index < -0.39 is 0 Å². The Morgan fingerprint density at radius 2 is 1.68 bits per heavy atom. The zero-order valence-corrected chi connectivity index (χ0v) is 15.2. The Morgan fingerprint density at radius 3 is 2.41 bits per heavy atom. The SMILES string of the molecule is C[C@@H]1CN2CCCC2CN1CC(C)(C)CN1CCN(C)CC1. The molecule has 3 heterocycles. The van der Waals surface area contributed by atoms with Crippen molar-refractivity contribution in [2.75, 3.05) is 66.0 Å². The van der Waals surface area contributed by atoms with Gasteiger partial charge in [-0.3, -0.25) is 9.80 Å². The molecule has 3 rings (SSSR count). The summed E-state index contributed by atoms with van der Waals surface area (Å²) in [5.41, 5.74) is 0.394. The number of nitrogens with zero attached hydrogens (tertiary/aromatic N) is 4. The minimum absolute atomic E-state index is 0.394. The molecule has 3 aliphatic rings. The van der Waals surface area contributed by atoms with Gasteiger partial charge in [0.1, 0.15) is 0 Å². The number of rotatable bonds is 4. The van der Waals surface area contributed by atoms with Crippen molar-refractivity contribution < 1.29 is 0 Å². The lowest BCUT2D eigenvalue weighted by Gasteiger charge is -2.46. The van der Waals surface area contributed by atoms with Crippen LogP contribution < -0.4 is 0 Å². The molecule has 0 spiro atoms. The van der Waals surface area contributed by atoms with Crippen LogP contribution in [0.2, 0.25) is 0 Å². The summed E-state index contributed by atoms with van der Waals surface area (Å²) in [6.45, 7) is 18.7. The average Bonchev–Trinajstić information content (AvgIpc) is 2.88. The van der Waals surface area contributed by atoms with Gasteiger partial charge >= 0.3 is 0 Å². The maximum absolute atomic E-state index is 2.78. The van der Waals surface area contributed by atoms with E-state index in [9.17, 15) is 0 Å². The van der Waals surface area contributed by atoms with Crippen molar-refractivity contribution in [3.63, 3.8) is 0 Å². The van der Waals surface area contributed by atoms with Gasteiger partial charge in [-0.15, -0.1) is 0 Å². The van der Waals surface area contributed by atoms with Gasteiger partial charge in [0.15, 0.2) is 0 Å². The second-order valence-electron chi connectivity index (χ2n) is 8.81. The molecule has 0 aromatic carbocycles. The molecule has 3 saturated heterocycles. The molecule has 0 aromatic heterocycles. The van der Waals surface area contributed by atoms with Gasteiger partial charge in [0.05, 0.1) is 0 Å². The Labute approximate surface area is 137 Å². The molecule has 0 aliphatic carbocycles. The van der Waals surface area contributed by atoms with Crippen molar-refractivity contribution in [3.8, 4) is 0 Å². The Kier molecular flexibility index (Phi) is 5.13. The van der Waals surface area contributed by atoms with E-state index in [0.717, 1.165) is 12.1 Å². The third-order valence-electron chi connectivity index (χ3n) is 5.95. The summed E-state index contributed by atoms with van der Waals surface area (Å²) in [6.07, 6.45) is 2.83.